The quantitative estimate of drug-likeness (QED) is 0.221. The molecule has 1 aliphatic heterocycles. The van der Waals surface area contributed by atoms with Crippen molar-refractivity contribution in [2.45, 2.75) is 13.0 Å². The number of methoxy groups -OCH3 is 2. The molecule has 0 spiro atoms. The molecule has 0 bridgehead atoms. The lowest BCUT2D eigenvalue weighted by atomic mass is 9.98. The molecular formula is C24H18BrCl2NO6. The van der Waals surface area contributed by atoms with E-state index in [2.05, 4.69) is 15.9 Å². The first kappa shape index (κ1) is 24.2. The van der Waals surface area contributed by atoms with E-state index in [0.29, 0.717) is 17.2 Å². The normalized spacial score (nSPS) is 17.4. The third-order valence-corrected chi connectivity index (χ3v) is 6.53. The first-order chi connectivity index (χ1) is 16.2. The number of hydrogen-bond acceptors (Lipinski definition) is 6. The molecular weight excluding hydrogens is 549 g/mol. The standard InChI is InChI=1S/C24H18BrCl2NO6/c1-11-4-9-16(34-11)19-17(21(30)24(31)28(19)13-7-5-12(25)6-8-13)20(29)14-10-15(26)23(33-3)18(27)22(14)32-2/h4-10,19,29H,1-3H3/b20-17+. The summed E-state index contributed by atoms with van der Waals surface area (Å²) in [6.45, 7) is 1.74. The van der Waals surface area contributed by atoms with Gasteiger partial charge in [-0.15, -0.1) is 0 Å². The SMILES string of the molecule is COc1c(Cl)cc(/C(O)=C2\C(=O)C(=O)N(c3ccc(Br)cc3)C2c2ccc(C)o2)c(OC)c1Cl. The molecule has 1 unspecified atom stereocenters. The highest BCUT2D eigenvalue weighted by Gasteiger charge is 2.48. The second-order valence-corrected chi connectivity index (χ2v) is 9.08. The lowest BCUT2D eigenvalue weighted by Crippen LogP contribution is -2.29. The molecule has 1 aromatic heterocycles. The average molecular weight is 567 g/mol. The van der Waals surface area contributed by atoms with Gasteiger partial charge in [0.05, 0.1) is 30.4 Å². The molecule has 1 N–H and O–H groups in total. The van der Waals surface area contributed by atoms with Crippen molar-refractivity contribution < 1.29 is 28.6 Å². The highest BCUT2D eigenvalue weighted by atomic mass is 79.9. The van der Waals surface area contributed by atoms with Crippen LogP contribution >= 0.6 is 39.1 Å². The van der Waals surface area contributed by atoms with Crippen molar-refractivity contribution in [2.75, 3.05) is 19.1 Å². The van der Waals surface area contributed by atoms with Gasteiger partial charge in [0.15, 0.2) is 11.5 Å². The fraction of sp³-hybridized carbons (Fsp3) is 0.167. The summed E-state index contributed by atoms with van der Waals surface area (Å²) in [5.74, 6) is -1.19. The number of furan rings is 1. The first-order valence-corrected chi connectivity index (χ1v) is 11.5. The number of anilines is 1. The summed E-state index contributed by atoms with van der Waals surface area (Å²) in [5.41, 5.74) is 0.277. The van der Waals surface area contributed by atoms with E-state index in [1.54, 1.807) is 43.3 Å². The number of amides is 1. The molecule has 10 heteroatoms. The van der Waals surface area contributed by atoms with Gasteiger partial charge in [-0.2, -0.15) is 0 Å². The fourth-order valence-electron chi connectivity index (χ4n) is 3.86. The number of halogens is 3. The van der Waals surface area contributed by atoms with Gasteiger partial charge >= 0.3 is 0 Å². The van der Waals surface area contributed by atoms with Gasteiger partial charge < -0.3 is 19.0 Å². The van der Waals surface area contributed by atoms with Crippen LogP contribution in [0.15, 0.2) is 56.9 Å². The Labute approximate surface area is 213 Å². The lowest BCUT2D eigenvalue weighted by Gasteiger charge is -2.23. The van der Waals surface area contributed by atoms with E-state index in [9.17, 15) is 14.7 Å². The molecule has 0 radical (unpaired) electrons. The highest BCUT2D eigenvalue weighted by Crippen LogP contribution is 2.48. The number of carbonyl (C=O) groups is 2. The molecule has 176 valence electrons. The van der Waals surface area contributed by atoms with Crippen molar-refractivity contribution in [2.24, 2.45) is 0 Å². The maximum absolute atomic E-state index is 13.3. The molecule has 0 saturated carbocycles. The van der Waals surface area contributed by atoms with E-state index in [1.165, 1.54) is 25.2 Å². The van der Waals surface area contributed by atoms with Crippen molar-refractivity contribution in [1.29, 1.82) is 0 Å². The molecule has 1 amide bonds. The molecule has 4 rings (SSSR count). The monoisotopic (exact) mass is 565 g/mol. The second-order valence-electron chi connectivity index (χ2n) is 7.38. The molecule has 1 atom stereocenters. The summed E-state index contributed by atoms with van der Waals surface area (Å²) < 4.78 is 17.2. The van der Waals surface area contributed by atoms with Gasteiger partial charge in [-0.05, 0) is 49.4 Å². The van der Waals surface area contributed by atoms with Gasteiger partial charge in [0.1, 0.15) is 28.3 Å². The van der Waals surface area contributed by atoms with E-state index in [1.807, 2.05) is 0 Å². The summed E-state index contributed by atoms with van der Waals surface area (Å²) in [6.07, 6.45) is 0. The minimum Gasteiger partial charge on any atom is -0.507 e. The molecule has 1 saturated heterocycles. The molecule has 2 heterocycles. The van der Waals surface area contributed by atoms with Crippen molar-refractivity contribution in [3.8, 4) is 11.5 Å². The van der Waals surface area contributed by atoms with Crippen LogP contribution in [0.25, 0.3) is 5.76 Å². The number of Topliss-reactive ketones (excluding diaryl/α,β-unsaturated/α-hetero) is 1. The maximum atomic E-state index is 13.3. The average Bonchev–Trinajstić information content (AvgIpc) is 3.35. The number of ketones is 1. The van der Waals surface area contributed by atoms with E-state index in [-0.39, 0.29) is 32.7 Å². The van der Waals surface area contributed by atoms with Crippen LogP contribution < -0.4 is 14.4 Å². The maximum Gasteiger partial charge on any atom is 0.300 e. The molecule has 34 heavy (non-hydrogen) atoms. The number of rotatable bonds is 5. The number of aryl methyl sites for hydroxylation is 1. The fourth-order valence-corrected chi connectivity index (χ4v) is 4.81. The number of ether oxygens (including phenoxy) is 2. The zero-order valence-electron chi connectivity index (χ0n) is 18.2. The molecule has 1 fully saturated rings. The van der Waals surface area contributed by atoms with Crippen LogP contribution in [0.2, 0.25) is 10.0 Å². The Morgan fingerprint density at radius 2 is 1.71 bits per heavy atom. The van der Waals surface area contributed by atoms with Crippen LogP contribution in [0.5, 0.6) is 11.5 Å². The Bertz CT molecular complexity index is 1330. The third kappa shape index (κ3) is 3.96. The summed E-state index contributed by atoms with van der Waals surface area (Å²) in [4.78, 5) is 27.7. The Hall–Kier alpha value is -2.94. The Morgan fingerprint density at radius 3 is 2.26 bits per heavy atom. The van der Waals surface area contributed by atoms with E-state index in [4.69, 9.17) is 37.1 Å². The van der Waals surface area contributed by atoms with Crippen LogP contribution in [0.3, 0.4) is 0 Å². The first-order valence-electron chi connectivity index (χ1n) is 9.92. The molecule has 7 nitrogen and oxygen atoms in total. The zero-order valence-corrected chi connectivity index (χ0v) is 21.3. The van der Waals surface area contributed by atoms with Crippen LogP contribution in [-0.4, -0.2) is 31.0 Å². The molecule has 1 aliphatic rings. The number of aliphatic hydroxyl groups is 1. The van der Waals surface area contributed by atoms with Gasteiger partial charge in [0, 0.05) is 10.2 Å². The van der Waals surface area contributed by atoms with Crippen LogP contribution in [-0.2, 0) is 9.59 Å². The van der Waals surface area contributed by atoms with E-state index >= 15 is 0 Å². The predicted octanol–water partition coefficient (Wildman–Crippen LogP) is 6.30. The summed E-state index contributed by atoms with van der Waals surface area (Å²) >= 11 is 16.0. The van der Waals surface area contributed by atoms with E-state index < -0.39 is 23.5 Å². The summed E-state index contributed by atoms with van der Waals surface area (Å²) in [5, 5.41) is 11.5. The zero-order chi connectivity index (χ0) is 24.7. The summed E-state index contributed by atoms with van der Waals surface area (Å²) in [7, 11) is 2.73. The Morgan fingerprint density at radius 1 is 1.06 bits per heavy atom. The highest BCUT2D eigenvalue weighted by molar-refractivity contribution is 9.10. The number of hydrogen-bond donors (Lipinski definition) is 1. The molecule has 3 aromatic rings. The van der Waals surface area contributed by atoms with Crippen molar-refractivity contribution in [3.63, 3.8) is 0 Å². The number of carbonyl (C=O) groups excluding carboxylic acids is 2. The smallest absolute Gasteiger partial charge is 0.300 e. The third-order valence-electron chi connectivity index (χ3n) is 5.37. The molecule has 2 aromatic carbocycles. The van der Waals surface area contributed by atoms with Gasteiger partial charge in [-0.3, -0.25) is 14.5 Å². The van der Waals surface area contributed by atoms with Crippen LogP contribution in [0.1, 0.15) is 23.1 Å². The van der Waals surface area contributed by atoms with Gasteiger partial charge in [-0.1, -0.05) is 39.1 Å². The largest absolute Gasteiger partial charge is 0.507 e. The van der Waals surface area contributed by atoms with Crippen LogP contribution in [0.4, 0.5) is 5.69 Å². The Kier molecular flexibility index (Phi) is 6.66. The van der Waals surface area contributed by atoms with Crippen LogP contribution in [0, 0.1) is 6.92 Å². The summed E-state index contributed by atoms with van der Waals surface area (Å²) in [6, 6.07) is 10.5. The van der Waals surface area contributed by atoms with Gasteiger partial charge in [-0.25, -0.2) is 0 Å². The van der Waals surface area contributed by atoms with E-state index in [0.717, 1.165) is 4.47 Å². The Balaban J connectivity index is 2.00. The minimum absolute atomic E-state index is 0.00609. The van der Waals surface area contributed by atoms with Gasteiger partial charge in [0.25, 0.3) is 11.7 Å². The predicted molar refractivity (Wildman–Crippen MR) is 132 cm³/mol. The number of aliphatic hydroxyl groups excluding tert-OH is 1. The van der Waals surface area contributed by atoms with Crippen molar-refractivity contribution in [3.05, 3.63) is 79.6 Å². The molecule has 0 aliphatic carbocycles. The number of nitrogens with zero attached hydrogens (tertiary/aromatic N) is 1. The van der Waals surface area contributed by atoms with Crippen molar-refractivity contribution >= 4 is 62.3 Å². The number of benzene rings is 2. The van der Waals surface area contributed by atoms with Gasteiger partial charge in [0.2, 0.25) is 0 Å². The minimum atomic E-state index is -1.04. The second kappa shape index (κ2) is 9.37. The van der Waals surface area contributed by atoms with Crippen molar-refractivity contribution in [1.82, 2.24) is 0 Å². The topological polar surface area (TPSA) is 89.2 Å². The lowest BCUT2D eigenvalue weighted by molar-refractivity contribution is -0.132.